The van der Waals surface area contributed by atoms with E-state index >= 15 is 0 Å². The van der Waals surface area contributed by atoms with Crippen LogP contribution in [0, 0.1) is 0 Å². The fourth-order valence-corrected chi connectivity index (χ4v) is 1.84. The van der Waals surface area contributed by atoms with Gasteiger partial charge in [0.25, 0.3) is 0 Å². The topological polar surface area (TPSA) is 56.3 Å². The molecule has 0 saturated carbocycles. The van der Waals surface area contributed by atoms with E-state index < -0.39 is 0 Å². The minimum Gasteiger partial charge on any atom is -0.493 e. The number of ether oxygens (including phenoxy) is 2. The van der Waals surface area contributed by atoms with Crippen molar-refractivity contribution in [3.8, 4) is 22.8 Å². The number of para-hydroxylation sites is 1. The summed E-state index contributed by atoms with van der Waals surface area (Å²) in [6.07, 6.45) is 0. The third-order valence-corrected chi connectivity index (χ3v) is 2.70. The van der Waals surface area contributed by atoms with E-state index in [-0.39, 0.29) is 0 Å². The Kier molecular flexibility index (Phi) is 4.18. The fraction of sp³-hybridized carbons (Fsp3) is 0.286. The molecule has 100 valence electrons. The molecule has 0 spiro atoms. The van der Waals surface area contributed by atoms with Crippen molar-refractivity contribution in [2.24, 2.45) is 0 Å². The van der Waals surface area contributed by atoms with Crippen molar-refractivity contribution < 1.29 is 9.47 Å². The molecule has 5 heteroatoms. The molecule has 1 N–H and O–H groups in total. The average molecular weight is 259 g/mol. The third kappa shape index (κ3) is 2.76. The van der Waals surface area contributed by atoms with Crippen molar-refractivity contribution in [3.63, 3.8) is 0 Å². The molecule has 1 aromatic heterocycles. The summed E-state index contributed by atoms with van der Waals surface area (Å²) in [6.45, 7) is 2.83. The molecule has 0 bridgehead atoms. The summed E-state index contributed by atoms with van der Waals surface area (Å²) in [7, 11) is 3.23. The number of nitrogens with one attached hydrogen (secondary N) is 1. The van der Waals surface area contributed by atoms with Gasteiger partial charge in [0.05, 0.1) is 19.9 Å². The zero-order valence-corrected chi connectivity index (χ0v) is 11.3. The Morgan fingerprint density at radius 1 is 1.05 bits per heavy atom. The van der Waals surface area contributed by atoms with Crippen LogP contribution in [0.3, 0.4) is 0 Å². The van der Waals surface area contributed by atoms with Gasteiger partial charge in [-0.3, -0.25) is 0 Å². The van der Waals surface area contributed by atoms with Crippen LogP contribution in [0.4, 0.5) is 5.82 Å². The van der Waals surface area contributed by atoms with Gasteiger partial charge in [0.2, 0.25) is 0 Å². The third-order valence-electron chi connectivity index (χ3n) is 2.70. The first-order valence-corrected chi connectivity index (χ1v) is 6.09. The molecule has 1 aromatic carbocycles. The van der Waals surface area contributed by atoms with Gasteiger partial charge < -0.3 is 14.8 Å². The molecule has 0 unspecified atom stereocenters. The van der Waals surface area contributed by atoms with Gasteiger partial charge in [0.1, 0.15) is 5.82 Å². The minimum absolute atomic E-state index is 0.663. The molecule has 0 radical (unpaired) electrons. The number of aromatic nitrogens is 2. The van der Waals surface area contributed by atoms with E-state index in [1.807, 2.05) is 37.3 Å². The summed E-state index contributed by atoms with van der Waals surface area (Å²) in [4.78, 5) is 0. The molecule has 1 heterocycles. The summed E-state index contributed by atoms with van der Waals surface area (Å²) < 4.78 is 10.7. The highest BCUT2D eigenvalue weighted by Crippen LogP contribution is 2.36. The molecule has 0 aliphatic carbocycles. The maximum Gasteiger partial charge on any atom is 0.170 e. The van der Waals surface area contributed by atoms with E-state index in [4.69, 9.17) is 9.47 Å². The van der Waals surface area contributed by atoms with Crippen LogP contribution < -0.4 is 14.8 Å². The van der Waals surface area contributed by atoms with Crippen LogP contribution in [0.1, 0.15) is 6.92 Å². The Balaban J connectivity index is 2.40. The van der Waals surface area contributed by atoms with Crippen LogP contribution in [-0.2, 0) is 0 Å². The molecule has 0 atom stereocenters. The molecule has 0 saturated heterocycles. The molecule has 2 aromatic rings. The second-order valence-electron chi connectivity index (χ2n) is 3.88. The van der Waals surface area contributed by atoms with Crippen LogP contribution in [0.5, 0.6) is 11.5 Å². The highest BCUT2D eigenvalue weighted by atomic mass is 16.5. The summed E-state index contributed by atoms with van der Waals surface area (Å²) in [5.74, 6) is 2.10. The van der Waals surface area contributed by atoms with E-state index in [0.717, 1.165) is 23.6 Å². The summed E-state index contributed by atoms with van der Waals surface area (Å²) >= 11 is 0. The summed E-state index contributed by atoms with van der Waals surface area (Å²) in [5.41, 5.74) is 1.61. The van der Waals surface area contributed by atoms with Crippen molar-refractivity contribution in [3.05, 3.63) is 30.3 Å². The fourth-order valence-electron chi connectivity index (χ4n) is 1.84. The van der Waals surface area contributed by atoms with Gasteiger partial charge >= 0.3 is 0 Å². The predicted molar refractivity (Wildman–Crippen MR) is 74.7 cm³/mol. The first-order chi connectivity index (χ1) is 9.30. The number of rotatable bonds is 5. The Labute approximate surface area is 112 Å². The number of hydrogen-bond acceptors (Lipinski definition) is 5. The lowest BCUT2D eigenvalue weighted by Crippen LogP contribution is -2.01. The van der Waals surface area contributed by atoms with Crippen molar-refractivity contribution in [2.75, 3.05) is 26.1 Å². The quantitative estimate of drug-likeness (QED) is 0.894. The average Bonchev–Trinajstić information content (AvgIpc) is 2.47. The second-order valence-corrected chi connectivity index (χ2v) is 3.88. The Hall–Kier alpha value is -2.30. The maximum absolute atomic E-state index is 5.39. The number of methoxy groups -OCH3 is 2. The molecule has 0 amide bonds. The van der Waals surface area contributed by atoms with Crippen molar-refractivity contribution >= 4 is 5.82 Å². The molecular formula is C14H17N3O2. The van der Waals surface area contributed by atoms with Crippen LogP contribution in [0.15, 0.2) is 30.3 Å². The molecule has 5 nitrogen and oxygen atoms in total. The molecule has 0 fully saturated rings. The Morgan fingerprint density at radius 2 is 1.89 bits per heavy atom. The van der Waals surface area contributed by atoms with E-state index in [9.17, 15) is 0 Å². The van der Waals surface area contributed by atoms with Gasteiger partial charge in [-0.25, -0.2) is 0 Å². The predicted octanol–water partition coefficient (Wildman–Crippen LogP) is 2.59. The van der Waals surface area contributed by atoms with Gasteiger partial charge in [-0.05, 0) is 31.2 Å². The first kappa shape index (κ1) is 13.1. The number of anilines is 1. The highest BCUT2D eigenvalue weighted by molar-refractivity contribution is 5.71. The van der Waals surface area contributed by atoms with Crippen LogP contribution >= 0.6 is 0 Å². The molecule has 0 aliphatic heterocycles. The monoisotopic (exact) mass is 259 g/mol. The SMILES string of the molecule is CCNc1ccc(-c2cccc(OC)c2OC)nn1. The van der Waals surface area contributed by atoms with Gasteiger partial charge in [-0.2, -0.15) is 0 Å². The summed E-state index contributed by atoms with van der Waals surface area (Å²) in [6, 6.07) is 9.48. The lowest BCUT2D eigenvalue weighted by molar-refractivity contribution is 0.356. The summed E-state index contributed by atoms with van der Waals surface area (Å²) in [5, 5.41) is 11.4. The van der Waals surface area contributed by atoms with E-state index in [1.165, 1.54) is 0 Å². The Morgan fingerprint density at radius 3 is 2.47 bits per heavy atom. The van der Waals surface area contributed by atoms with Crippen LogP contribution in [0.2, 0.25) is 0 Å². The zero-order chi connectivity index (χ0) is 13.7. The molecule has 0 aliphatic rings. The van der Waals surface area contributed by atoms with E-state index in [1.54, 1.807) is 14.2 Å². The minimum atomic E-state index is 0.663. The number of nitrogens with zero attached hydrogens (tertiary/aromatic N) is 2. The van der Waals surface area contributed by atoms with Gasteiger partial charge in [0, 0.05) is 12.1 Å². The van der Waals surface area contributed by atoms with E-state index in [2.05, 4.69) is 15.5 Å². The standard InChI is InChI=1S/C14H17N3O2/c1-4-15-13-9-8-11(16-17-13)10-6-5-7-12(18-2)14(10)19-3/h5-9H,4H2,1-3H3,(H,15,17). The van der Waals surface area contributed by atoms with Crippen molar-refractivity contribution in [1.29, 1.82) is 0 Å². The highest BCUT2D eigenvalue weighted by Gasteiger charge is 2.12. The van der Waals surface area contributed by atoms with Crippen LogP contribution in [0.25, 0.3) is 11.3 Å². The van der Waals surface area contributed by atoms with Crippen molar-refractivity contribution in [2.45, 2.75) is 6.92 Å². The van der Waals surface area contributed by atoms with E-state index in [0.29, 0.717) is 11.5 Å². The molecular weight excluding hydrogens is 242 g/mol. The molecule has 19 heavy (non-hydrogen) atoms. The second kappa shape index (κ2) is 6.04. The molecule has 2 rings (SSSR count). The first-order valence-electron chi connectivity index (χ1n) is 6.09. The largest absolute Gasteiger partial charge is 0.493 e. The van der Waals surface area contributed by atoms with Crippen molar-refractivity contribution in [1.82, 2.24) is 10.2 Å². The van der Waals surface area contributed by atoms with Gasteiger partial charge in [-0.15, -0.1) is 10.2 Å². The lowest BCUT2D eigenvalue weighted by Gasteiger charge is -2.11. The zero-order valence-electron chi connectivity index (χ0n) is 11.3. The van der Waals surface area contributed by atoms with Gasteiger partial charge in [-0.1, -0.05) is 6.07 Å². The van der Waals surface area contributed by atoms with Gasteiger partial charge in [0.15, 0.2) is 11.5 Å². The number of benzene rings is 1. The van der Waals surface area contributed by atoms with Crippen LogP contribution in [-0.4, -0.2) is 31.0 Å². The normalized spacial score (nSPS) is 10.1. The lowest BCUT2D eigenvalue weighted by atomic mass is 10.1. The smallest absolute Gasteiger partial charge is 0.170 e. The maximum atomic E-state index is 5.39. The Bertz CT molecular complexity index is 541. The number of hydrogen-bond donors (Lipinski definition) is 1.